The van der Waals surface area contributed by atoms with E-state index in [9.17, 15) is 0 Å². The maximum Gasteiger partial charge on any atom is 0.226 e. The third-order valence-electron chi connectivity index (χ3n) is 6.84. The van der Waals surface area contributed by atoms with Gasteiger partial charge in [-0.2, -0.15) is 4.52 Å². The number of fused-ring (bicyclic) bond motifs is 3. The second kappa shape index (κ2) is 9.46. The number of anilines is 1. The summed E-state index contributed by atoms with van der Waals surface area (Å²) in [5.41, 5.74) is 2.47. The Kier molecular flexibility index (Phi) is 6.24. The van der Waals surface area contributed by atoms with Crippen LogP contribution in [0, 0.1) is 0 Å². The zero-order valence-electron chi connectivity index (χ0n) is 20.3. The van der Waals surface area contributed by atoms with Gasteiger partial charge in [0.25, 0.3) is 0 Å². The van der Waals surface area contributed by atoms with Crippen LogP contribution in [0.25, 0.3) is 27.9 Å². The second-order valence-corrected chi connectivity index (χ2v) is 8.99. The maximum absolute atomic E-state index is 5.54. The number of piperidine rings is 1. The average molecular weight is 461 g/mol. The molecule has 2 aromatic carbocycles. The molecule has 2 atom stereocenters. The minimum Gasteiger partial charge on any atom is -0.493 e. The van der Waals surface area contributed by atoms with E-state index < -0.39 is 0 Å². The summed E-state index contributed by atoms with van der Waals surface area (Å²) in [4.78, 5) is 12.4. The highest BCUT2D eigenvalue weighted by atomic mass is 16.5. The zero-order valence-corrected chi connectivity index (χ0v) is 20.3. The van der Waals surface area contributed by atoms with Gasteiger partial charge in [0.05, 0.1) is 19.7 Å². The summed E-state index contributed by atoms with van der Waals surface area (Å²) in [6, 6.07) is 15.0. The first-order chi connectivity index (χ1) is 16.6. The van der Waals surface area contributed by atoms with Gasteiger partial charge in [-0.05, 0) is 32.8 Å². The van der Waals surface area contributed by atoms with Crippen LogP contribution in [0.3, 0.4) is 0 Å². The number of ether oxygens (including phenoxy) is 2. The Labute approximate surface area is 199 Å². The number of nitrogens with one attached hydrogen (secondary N) is 1. The lowest BCUT2D eigenvalue weighted by Crippen LogP contribution is -2.45. The van der Waals surface area contributed by atoms with E-state index in [0.29, 0.717) is 35.4 Å². The molecule has 1 N–H and O–H groups in total. The fraction of sp³-hybridized carbons (Fsp3) is 0.423. The maximum atomic E-state index is 5.54. The molecule has 0 spiro atoms. The number of rotatable bonds is 7. The lowest BCUT2D eigenvalue weighted by Gasteiger charge is -2.39. The van der Waals surface area contributed by atoms with Gasteiger partial charge in [0.15, 0.2) is 23.0 Å². The van der Waals surface area contributed by atoms with Crippen LogP contribution >= 0.6 is 0 Å². The molecule has 4 aromatic rings. The van der Waals surface area contributed by atoms with Gasteiger partial charge in [-0.15, -0.1) is 5.10 Å². The SMILES string of the molecule is COc1cc2nc(NCCN3[C@H](C)CCC[C@H]3C)n3nc(-c4ccccc4)nc3c2cc1OC. The van der Waals surface area contributed by atoms with E-state index in [1.54, 1.807) is 18.7 Å². The molecule has 0 aliphatic carbocycles. The Morgan fingerprint density at radius 1 is 0.971 bits per heavy atom. The molecule has 34 heavy (non-hydrogen) atoms. The van der Waals surface area contributed by atoms with Gasteiger partial charge < -0.3 is 14.8 Å². The van der Waals surface area contributed by atoms with Crippen molar-refractivity contribution in [2.75, 3.05) is 32.6 Å². The van der Waals surface area contributed by atoms with Crippen LogP contribution in [0.15, 0.2) is 42.5 Å². The molecule has 0 amide bonds. The molecule has 2 aromatic heterocycles. The molecule has 1 fully saturated rings. The number of hydrogen-bond donors (Lipinski definition) is 1. The van der Waals surface area contributed by atoms with Crippen molar-refractivity contribution in [1.29, 1.82) is 0 Å². The van der Waals surface area contributed by atoms with Crippen molar-refractivity contribution in [2.24, 2.45) is 0 Å². The summed E-state index contributed by atoms with van der Waals surface area (Å²) in [5, 5.41) is 9.21. The number of hydrogen-bond acceptors (Lipinski definition) is 7. The van der Waals surface area contributed by atoms with E-state index >= 15 is 0 Å². The van der Waals surface area contributed by atoms with Crippen molar-refractivity contribution in [2.45, 2.75) is 45.2 Å². The Morgan fingerprint density at radius 2 is 1.68 bits per heavy atom. The number of methoxy groups -OCH3 is 2. The molecule has 178 valence electrons. The van der Waals surface area contributed by atoms with Gasteiger partial charge in [0.1, 0.15) is 0 Å². The van der Waals surface area contributed by atoms with Gasteiger partial charge in [0.2, 0.25) is 5.95 Å². The Balaban J connectivity index is 1.55. The topological polar surface area (TPSA) is 76.8 Å². The first kappa shape index (κ1) is 22.4. The van der Waals surface area contributed by atoms with Gasteiger partial charge in [-0.25, -0.2) is 9.97 Å². The summed E-state index contributed by atoms with van der Waals surface area (Å²) in [7, 11) is 3.26. The highest BCUT2D eigenvalue weighted by molar-refractivity contribution is 5.95. The molecule has 8 nitrogen and oxygen atoms in total. The van der Waals surface area contributed by atoms with Crippen molar-refractivity contribution in [1.82, 2.24) is 24.5 Å². The number of likely N-dealkylation sites (tertiary alicyclic amines) is 1. The van der Waals surface area contributed by atoms with Crippen molar-refractivity contribution < 1.29 is 9.47 Å². The van der Waals surface area contributed by atoms with Crippen LogP contribution in [-0.4, -0.2) is 63.9 Å². The smallest absolute Gasteiger partial charge is 0.226 e. The van der Waals surface area contributed by atoms with Crippen LogP contribution in [-0.2, 0) is 0 Å². The molecule has 1 aliphatic heterocycles. The standard InChI is InChI=1S/C26H32N6O2/c1-17-9-8-10-18(2)31(17)14-13-27-26-28-21-16-23(34-4)22(33-3)15-20(21)25-29-24(30-32(25)26)19-11-6-5-7-12-19/h5-7,11-12,15-18H,8-10,13-14H2,1-4H3,(H,27,28)/t17-,18-/m1/s1. The molecule has 0 unspecified atom stereocenters. The van der Waals surface area contributed by atoms with E-state index in [0.717, 1.165) is 35.2 Å². The van der Waals surface area contributed by atoms with Crippen LogP contribution < -0.4 is 14.8 Å². The molecule has 8 heteroatoms. The van der Waals surface area contributed by atoms with Crippen molar-refractivity contribution in [3.05, 3.63) is 42.5 Å². The van der Waals surface area contributed by atoms with E-state index in [-0.39, 0.29) is 0 Å². The lowest BCUT2D eigenvalue weighted by atomic mass is 9.98. The zero-order chi connectivity index (χ0) is 23.7. The van der Waals surface area contributed by atoms with Gasteiger partial charge in [-0.1, -0.05) is 36.8 Å². The number of nitrogens with zero attached hydrogens (tertiary/aromatic N) is 5. The Bertz CT molecular complexity index is 1280. The predicted octanol–water partition coefficient (Wildman–Crippen LogP) is 4.64. The highest BCUT2D eigenvalue weighted by Gasteiger charge is 2.24. The van der Waals surface area contributed by atoms with Crippen molar-refractivity contribution in [3.63, 3.8) is 0 Å². The minimum atomic E-state index is 0.600. The third-order valence-corrected chi connectivity index (χ3v) is 6.84. The van der Waals surface area contributed by atoms with Gasteiger partial charge in [-0.3, -0.25) is 4.90 Å². The summed E-state index contributed by atoms with van der Waals surface area (Å²) in [6.07, 6.45) is 3.83. The fourth-order valence-electron chi connectivity index (χ4n) is 4.97. The molecular weight excluding hydrogens is 428 g/mol. The largest absolute Gasteiger partial charge is 0.493 e. The first-order valence-corrected chi connectivity index (χ1v) is 12.0. The molecular formula is C26H32N6O2. The highest BCUT2D eigenvalue weighted by Crippen LogP contribution is 2.34. The van der Waals surface area contributed by atoms with Crippen molar-refractivity contribution >= 4 is 22.5 Å². The minimum absolute atomic E-state index is 0.600. The molecule has 0 saturated carbocycles. The quantitative estimate of drug-likeness (QED) is 0.431. The fourth-order valence-corrected chi connectivity index (χ4v) is 4.97. The second-order valence-electron chi connectivity index (χ2n) is 8.99. The Hall–Kier alpha value is -3.39. The molecule has 1 saturated heterocycles. The number of benzene rings is 2. The molecule has 1 aliphatic rings. The monoisotopic (exact) mass is 460 g/mol. The predicted molar refractivity (Wildman–Crippen MR) is 135 cm³/mol. The third kappa shape index (κ3) is 4.14. The van der Waals surface area contributed by atoms with Crippen LogP contribution in [0.1, 0.15) is 33.1 Å². The normalized spacial score (nSPS) is 18.9. The van der Waals surface area contributed by atoms with E-state index in [1.165, 1.54) is 19.3 Å². The van der Waals surface area contributed by atoms with Gasteiger partial charge in [0, 0.05) is 42.2 Å². The average Bonchev–Trinajstić information content (AvgIpc) is 3.31. The van der Waals surface area contributed by atoms with E-state index in [1.807, 2.05) is 42.5 Å². The van der Waals surface area contributed by atoms with E-state index in [2.05, 4.69) is 24.1 Å². The van der Waals surface area contributed by atoms with Crippen molar-refractivity contribution in [3.8, 4) is 22.9 Å². The molecule has 0 bridgehead atoms. The van der Waals surface area contributed by atoms with E-state index in [4.69, 9.17) is 24.5 Å². The van der Waals surface area contributed by atoms with Crippen LogP contribution in [0.2, 0.25) is 0 Å². The summed E-state index contributed by atoms with van der Waals surface area (Å²) < 4.78 is 12.9. The summed E-state index contributed by atoms with van der Waals surface area (Å²) >= 11 is 0. The molecule has 5 rings (SSSR count). The lowest BCUT2D eigenvalue weighted by molar-refractivity contribution is 0.109. The van der Waals surface area contributed by atoms with Gasteiger partial charge >= 0.3 is 0 Å². The van der Waals surface area contributed by atoms with Crippen LogP contribution in [0.5, 0.6) is 11.5 Å². The van der Waals surface area contributed by atoms with Crippen LogP contribution in [0.4, 0.5) is 5.95 Å². The first-order valence-electron chi connectivity index (χ1n) is 12.0. The summed E-state index contributed by atoms with van der Waals surface area (Å²) in [5.74, 6) is 2.60. The summed E-state index contributed by atoms with van der Waals surface area (Å²) in [6.45, 7) is 6.38. The number of aromatic nitrogens is 4. The molecule has 3 heterocycles. The Morgan fingerprint density at radius 3 is 2.38 bits per heavy atom. The molecule has 0 radical (unpaired) electrons.